The summed E-state index contributed by atoms with van der Waals surface area (Å²) in [6.07, 6.45) is -0.329. The van der Waals surface area contributed by atoms with Crippen LogP contribution in [0.15, 0.2) is 0 Å². The van der Waals surface area contributed by atoms with Gasteiger partial charge in [-0.1, -0.05) is 0 Å². The number of carbonyl (C=O) groups is 1. The molecule has 2 rings (SSSR count). The van der Waals surface area contributed by atoms with Gasteiger partial charge in [-0.15, -0.1) is 0 Å². The fourth-order valence-corrected chi connectivity index (χ4v) is 2.35. The van der Waals surface area contributed by atoms with Crippen molar-refractivity contribution in [3.05, 3.63) is 0 Å². The zero-order chi connectivity index (χ0) is 10.7. The van der Waals surface area contributed by atoms with Crippen LogP contribution < -0.4 is 10.6 Å². The third kappa shape index (κ3) is 2.08. The van der Waals surface area contributed by atoms with Crippen molar-refractivity contribution in [3.8, 4) is 0 Å². The topological polar surface area (TPSA) is 59.6 Å². The van der Waals surface area contributed by atoms with Crippen molar-refractivity contribution >= 4 is 6.09 Å². The predicted molar refractivity (Wildman–Crippen MR) is 54.6 cm³/mol. The van der Waals surface area contributed by atoms with Crippen molar-refractivity contribution in [2.75, 3.05) is 39.5 Å². The van der Waals surface area contributed by atoms with E-state index < -0.39 is 0 Å². The molecule has 86 valence electrons. The van der Waals surface area contributed by atoms with E-state index in [0.717, 1.165) is 26.3 Å². The Morgan fingerprint density at radius 1 is 1.73 bits per heavy atom. The molecule has 5 nitrogen and oxygen atoms in total. The van der Waals surface area contributed by atoms with E-state index in [4.69, 9.17) is 9.47 Å². The number of hydrogen-bond donors (Lipinski definition) is 2. The lowest BCUT2D eigenvalue weighted by atomic mass is 9.81. The van der Waals surface area contributed by atoms with Gasteiger partial charge in [0, 0.05) is 31.0 Å². The molecule has 15 heavy (non-hydrogen) atoms. The lowest BCUT2D eigenvalue weighted by Crippen LogP contribution is -2.42. The van der Waals surface area contributed by atoms with E-state index in [9.17, 15) is 4.79 Å². The Bertz CT molecular complexity index is 235. The zero-order valence-electron chi connectivity index (χ0n) is 9.04. The van der Waals surface area contributed by atoms with E-state index in [0.29, 0.717) is 19.1 Å². The predicted octanol–water partition coefficient (Wildman–Crippen LogP) is -0.0315. The van der Waals surface area contributed by atoms with Gasteiger partial charge >= 0.3 is 6.09 Å². The monoisotopic (exact) mass is 214 g/mol. The molecule has 0 aliphatic carbocycles. The van der Waals surface area contributed by atoms with Crippen molar-refractivity contribution < 1.29 is 14.3 Å². The Morgan fingerprint density at radius 3 is 3.40 bits per heavy atom. The minimum absolute atomic E-state index is 0.0900. The molecule has 2 atom stereocenters. The number of alkyl carbamates (subject to hydrolysis) is 1. The van der Waals surface area contributed by atoms with Crippen LogP contribution in [-0.2, 0) is 9.47 Å². The van der Waals surface area contributed by atoms with Crippen LogP contribution in [0.25, 0.3) is 0 Å². The third-order valence-corrected chi connectivity index (χ3v) is 3.30. The maximum Gasteiger partial charge on any atom is 0.407 e. The van der Waals surface area contributed by atoms with Gasteiger partial charge in [0.25, 0.3) is 0 Å². The summed E-state index contributed by atoms with van der Waals surface area (Å²) in [5.41, 5.74) is 0.0900. The van der Waals surface area contributed by atoms with Crippen molar-refractivity contribution in [2.24, 2.45) is 11.3 Å². The molecule has 0 spiro atoms. The van der Waals surface area contributed by atoms with Crippen molar-refractivity contribution in [1.29, 1.82) is 0 Å². The van der Waals surface area contributed by atoms with E-state index in [1.54, 1.807) is 6.92 Å². The molecule has 5 heteroatoms. The lowest BCUT2D eigenvalue weighted by molar-refractivity contribution is 0.133. The van der Waals surface area contributed by atoms with Crippen molar-refractivity contribution in [2.45, 2.75) is 6.92 Å². The van der Waals surface area contributed by atoms with Gasteiger partial charge in [-0.05, 0) is 6.92 Å². The second-order valence-corrected chi connectivity index (χ2v) is 4.28. The molecular formula is C10H18N2O3. The quantitative estimate of drug-likeness (QED) is 0.692. The van der Waals surface area contributed by atoms with Gasteiger partial charge in [-0.25, -0.2) is 4.79 Å². The maximum atomic E-state index is 11.2. The summed E-state index contributed by atoms with van der Waals surface area (Å²) in [5.74, 6) is 0.527. The molecule has 2 N–H and O–H groups in total. The van der Waals surface area contributed by atoms with Gasteiger partial charge in [0.2, 0.25) is 0 Å². The maximum absolute atomic E-state index is 11.2. The van der Waals surface area contributed by atoms with Crippen LogP contribution in [0.1, 0.15) is 6.92 Å². The first kappa shape index (κ1) is 10.7. The highest BCUT2D eigenvalue weighted by Gasteiger charge is 2.47. The molecule has 0 aromatic carbocycles. The average molecular weight is 214 g/mol. The fraction of sp³-hybridized carbons (Fsp3) is 0.900. The van der Waals surface area contributed by atoms with Gasteiger partial charge in [-0.2, -0.15) is 0 Å². The van der Waals surface area contributed by atoms with E-state index >= 15 is 0 Å². The molecule has 2 aliphatic heterocycles. The normalized spacial score (nSPS) is 33.8. The van der Waals surface area contributed by atoms with Crippen LogP contribution in [0.4, 0.5) is 4.79 Å². The average Bonchev–Trinajstić information content (AvgIpc) is 2.73. The molecule has 0 radical (unpaired) electrons. The Kier molecular flexibility index (Phi) is 3.11. The molecule has 0 aromatic heterocycles. The molecule has 0 bridgehead atoms. The van der Waals surface area contributed by atoms with Gasteiger partial charge in [0.1, 0.15) is 0 Å². The molecule has 1 amide bonds. The largest absolute Gasteiger partial charge is 0.450 e. The molecule has 0 aromatic rings. The summed E-state index contributed by atoms with van der Waals surface area (Å²) in [7, 11) is 0. The minimum Gasteiger partial charge on any atom is -0.450 e. The Balaban J connectivity index is 1.85. The van der Waals surface area contributed by atoms with E-state index in [1.165, 1.54) is 0 Å². The van der Waals surface area contributed by atoms with E-state index in [-0.39, 0.29) is 11.5 Å². The highest BCUT2D eigenvalue weighted by Crippen LogP contribution is 2.36. The summed E-state index contributed by atoms with van der Waals surface area (Å²) >= 11 is 0. The Hall–Kier alpha value is -0.810. The van der Waals surface area contributed by atoms with Gasteiger partial charge in [0.15, 0.2) is 0 Å². The number of nitrogens with one attached hydrogen (secondary N) is 2. The lowest BCUT2D eigenvalue weighted by Gasteiger charge is -2.26. The van der Waals surface area contributed by atoms with Crippen molar-refractivity contribution in [1.82, 2.24) is 10.6 Å². The number of amides is 1. The molecule has 2 unspecified atom stereocenters. The summed E-state index contributed by atoms with van der Waals surface area (Å²) < 4.78 is 10.3. The zero-order valence-corrected chi connectivity index (χ0v) is 9.04. The van der Waals surface area contributed by atoms with Crippen LogP contribution in [-0.4, -0.2) is 45.5 Å². The first-order chi connectivity index (χ1) is 7.27. The van der Waals surface area contributed by atoms with Gasteiger partial charge < -0.3 is 20.1 Å². The minimum atomic E-state index is -0.329. The highest BCUT2D eigenvalue weighted by atomic mass is 16.5. The van der Waals surface area contributed by atoms with Gasteiger partial charge in [-0.3, -0.25) is 0 Å². The molecule has 0 saturated carbocycles. The van der Waals surface area contributed by atoms with Crippen LogP contribution in [0, 0.1) is 11.3 Å². The molecule has 2 saturated heterocycles. The Morgan fingerprint density at radius 2 is 2.60 bits per heavy atom. The number of carbonyl (C=O) groups excluding carboxylic acids is 1. The van der Waals surface area contributed by atoms with Crippen molar-refractivity contribution in [3.63, 3.8) is 0 Å². The van der Waals surface area contributed by atoms with Gasteiger partial charge in [0.05, 0.1) is 19.8 Å². The number of rotatable bonds is 3. The third-order valence-electron chi connectivity index (χ3n) is 3.30. The summed E-state index contributed by atoms with van der Waals surface area (Å²) in [6.45, 7) is 6.31. The summed E-state index contributed by atoms with van der Waals surface area (Å²) in [6, 6.07) is 0. The first-order valence-corrected chi connectivity index (χ1v) is 5.46. The Labute approximate surface area is 89.5 Å². The second-order valence-electron chi connectivity index (χ2n) is 4.28. The van der Waals surface area contributed by atoms with E-state index in [1.807, 2.05) is 0 Å². The summed E-state index contributed by atoms with van der Waals surface area (Å²) in [5, 5.41) is 6.16. The van der Waals surface area contributed by atoms with Crippen LogP contribution in [0.5, 0.6) is 0 Å². The number of fused-ring (bicyclic) bond motifs is 1. The van der Waals surface area contributed by atoms with Crippen LogP contribution in [0.2, 0.25) is 0 Å². The molecule has 2 heterocycles. The SMILES string of the molecule is CCOC(=O)NCC12CNCC1COC2. The number of ether oxygens (including phenoxy) is 2. The standard InChI is InChI=1S/C10H18N2O3/c1-2-15-9(13)12-6-10-5-11-3-8(10)4-14-7-10/h8,11H,2-7H2,1H3,(H,12,13). The smallest absolute Gasteiger partial charge is 0.407 e. The molecular weight excluding hydrogens is 196 g/mol. The molecule has 2 aliphatic rings. The highest BCUT2D eigenvalue weighted by molar-refractivity contribution is 5.67. The van der Waals surface area contributed by atoms with Crippen LogP contribution >= 0.6 is 0 Å². The summed E-state index contributed by atoms with van der Waals surface area (Å²) in [4.78, 5) is 11.2. The second kappa shape index (κ2) is 4.37. The number of hydrogen-bond acceptors (Lipinski definition) is 4. The van der Waals surface area contributed by atoms with Crippen LogP contribution in [0.3, 0.4) is 0 Å². The fourth-order valence-electron chi connectivity index (χ4n) is 2.35. The first-order valence-electron chi connectivity index (χ1n) is 5.46. The van der Waals surface area contributed by atoms with E-state index in [2.05, 4.69) is 10.6 Å². The molecule has 2 fully saturated rings.